The Bertz CT molecular complexity index is 582. The van der Waals surface area contributed by atoms with Crippen molar-refractivity contribution in [2.24, 2.45) is 0 Å². The lowest BCUT2D eigenvalue weighted by Gasteiger charge is -2.23. The van der Waals surface area contributed by atoms with Crippen molar-refractivity contribution in [1.29, 1.82) is 0 Å². The summed E-state index contributed by atoms with van der Waals surface area (Å²) in [4.78, 5) is 20.4. The van der Waals surface area contributed by atoms with Crippen LogP contribution in [0.15, 0.2) is 18.2 Å². The number of hydrogen-bond acceptors (Lipinski definition) is 3. The molecule has 5 nitrogen and oxygen atoms in total. The molecule has 0 fully saturated rings. The van der Waals surface area contributed by atoms with Gasteiger partial charge in [0.05, 0.1) is 4.92 Å². The molecule has 0 aliphatic heterocycles. The predicted octanol–water partition coefficient (Wildman–Crippen LogP) is 3.76. The Morgan fingerprint density at radius 1 is 1.18 bits per heavy atom. The van der Waals surface area contributed by atoms with Crippen molar-refractivity contribution in [3.05, 3.63) is 33.9 Å². The summed E-state index contributed by atoms with van der Waals surface area (Å²) < 4.78 is 75.5. The van der Waals surface area contributed by atoms with Gasteiger partial charge in [-0.1, -0.05) is 6.07 Å². The van der Waals surface area contributed by atoms with Crippen LogP contribution in [0.5, 0.6) is 0 Å². The van der Waals surface area contributed by atoms with Gasteiger partial charge in [0, 0.05) is 13.0 Å². The van der Waals surface area contributed by atoms with Gasteiger partial charge in [-0.25, -0.2) is 0 Å². The van der Waals surface area contributed by atoms with Gasteiger partial charge in [0.25, 0.3) is 5.69 Å². The lowest BCUT2D eigenvalue weighted by Crippen LogP contribution is -2.34. The summed E-state index contributed by atoms with van der Waals surface area (Å²) in [6.45, 7) is 0.978. The van der Waals surface area contributed by atoms with Crippen molar-refractivity contribution in [3.63, 3.8) is 0 Å². The van der Waals surface area contributed by atoms with E-state index in [0.29, 0.717) is 12.1 Å². The molecule has 0 spiro atoms. The Hall–Kier alpha value is -2.33. The minimum atomic E-state index is -5.67. The van der Waals surface area contributed by atoms with E-state index in [4.69, 9.17) is 0 Å². The maximum absolute atomic E-state index is 12.6. The smallest absolute Gasteiger partial charge is 0.321 e. The average molecular weight is 330 g/mol. The molecule has 0 bridgehead atoms. The number of hydrogen-bond donors (Lipinski definition) is 1. The molecular formula is C11H8F6N2O3. The molecule has 1 rings (SSSR count). The van der Waals surface area contributed by atoms with Crippen LogP contribution in [0.4, 0.5) is 37.7 Å². The minimum absolute atomic E-state index is 0.150. The number of carbonyl (C=O) groups is 1. The van der Waals surface area contributed by atoms with Gasteiger partial charge in [-0.3, -0.25) is 14.9 Å². The van der Waals surface area contributed by atoms with Crippen molar-refractivity contribution >= 4 is 17.3 Å². The molecule has 0 aromatic heterocycles. The molecule has 0 saturated heterocycles. The summed E-state index contributed by atoms with van der Waals surface area (Å²) in [5.41, 5.74) is -2.89. The normalized spacial score (nSPS) is 12.4. The van der Waals surface area contributed by atoms with Gasteiger partial charge in [-0.15, -0.1) is 0 Å². The zero-order valence-corrected chi connectivity index (χ0v) is 10.7. The summed E-state index contributed by atoms with van der Waals surface area (Å²) in [6.07, 6.45) is -11.3. The highest BCUT2D eigenvalue weighted by atomic mass is 19.4. The second-order valence-electron chi connectivity index (χ2n) is 4.23. The van der Waals surface area contributed by atoms with Crippen LogP contribution < -0.4 is 5.32 Å². The highest BCUT2D eigenvalue weighted by Gasteiger charge is 2.57. The number of anilines is 1. The van der Waals surface area contributed by atoms with Gasteiger partial charge in [0.2, 0.25) is 5.91 Å². The number of nitro groups is 1. The molecule has 0 unspecified atom stereocenters. The van der Waals surface area contributed by atoms with Crippen LogP contribution in [0.3, 0.4) is 0 Å². The third-order valence-electron chi connectivity index (χ3n) is 2.52. The van der Waals surface area contributed by atoms with Crippen molar-refractivity contribution in [2.45, 2.75) is 25.2 Å². The first-order chi connectivity index (χ1) is 9.84. The number of nitro benzene ring substituents is 1. The van der Waals surface area contributed by atoms with Crippen LogP contribution >= 0.6 is 0 Å². The number of amides is 1. The zero-order valence-electron chi connectivity index (χ0n) is 10.7. The monoisotopic (exact) mass is 330 g/mol. The topological polar surface area (TPSA) is 72.2 Å². The van der Waals surface area contributed by atoms with E-state index in [0.717, 1.165) is 6.92 Å². The fourth-order valence-electron chi connectivity index (χ4n) is 1.74. The third kappa shape index (κ3) is 4.09. The first-order valence-corrected chi connectivity index (χ1v) is 5.53. The molecule has 1 amide bonds. The molecule has 1 N–H and O–H groups in total. The quantitative estimate of drug-likeness (QED) is 0.521. The van der Waals surface area contributed by atoms with Crippen LogP contribution in [-0.4, -0.2) is 23.2 Å². The van der Waals surface area contributed by atoms with Gasteiger partial charge in [-0.05, 0) is 11.6 Å². The second-order valence-corrected chi connectivity index (χ2v) is 4.23. The first kappa shape index (κ1) is 17.7. The fourth-order valence-corrected chi connectivity index (χ4v) is 1.74. The molecule has 1 aromatic carbocycles. The number of halogens is 6. The molecule has 11 heteroatoms. The number of benzene rings is 1. The number of nitrogens with zero attached hydrogens (tertiary/aromatic N) is 1. The van der Waals surface area contributed by atoms with Crippen LogP contribution in [0.25, 0.3) is 0 Å². The number of nitrogens with one attached hydrogen (secondary N) is 1. The standard InChI is InChI=1S/C11H8F6N2O3/c1-5(20)18-7-3-2-6(4-8(7)19(21)22)9(10(12,13)14)11(15,16)17/h2-4,9H,1H3,(H,18,20). The lowest BCUT2D eigenvalue weighted by molar-refractivity contribution is -0.384. The molecule has 0 aliphatic carbocycles. The minimum Gasteiger partial charge on any atom is -0.321 e. The van der Waals surface area contributed by atoms with E-state index in [1.165, 1.54) is 0 Å². The van der Waals surface area contributed by atoms with Crippen LogP contribution in [0.2, 0.25) is 0 Å². The average Bonchev–Trinajstić information content (AvgIpc) is 2.26. The number of rotatable bonds is 3. The summed E-state index contributed by atoms with van der Waals surface area (Å²) in [5.74, 6) is -4.62. The molecule has 0 radical (unpaired) electrons. The molecule has 0 atom stereocenters. The van der Waals surface area contributed by atoms with Crippen molar-refractivity contribution in [1.82, 2.24) is 0 Å². The van der Waals surface area contributed by atoms with E-state index in [-0.39, 0.29) is 6.07 Å². The van der Waals surface area contributed by atoms with Crippen LogP contribution in [-0.2, 0) is 4.79 Å². The Morgan fingerprint density at radius 2 is 1.68 bits per heavy atom. The molecular weight excluding hydrogens is 322 g/mol. The van der Waals surface area contributed by atoms with E-state index < -0.39 is 46.0 Å². The van der Waals surface area contributed by atoms with Crippen molar-refractivity contribution in [2.75, 3.05) is 5.32 Å². The molecule has 0 saturated carbocycles. The summed E-state index contributed by atoms with van der Waals surface area (Å²) >= 11 is 0. The second kappa shape index (κ2) is 5.81. The van der Waals surface area contributed by atoms with E-state index in [1.807, 2.05) is 5.32 Å². The van der Waals surface area contributed by atoms with Gasteiger partial charge < -0.3 is 5.32 Å². The predicted molar refractivity (Wildman–Crippen MR) is 62.3 cm³/mol. The van der Waals surface area contributed by atoms with Gasteiger partial charge >= 0.3 is 12.4 Å². The maximum atomic E-state index is 12.6. The Kier molecular flexibility index (Phi) is 4.68. The fraction of sp³-hybridized carbons (Fsp3) is 0.364. The van der Waals surface area contributed by atoms with E-state index >= 15 is 0 Å². The van der Waals surface area contributed by atoms with E-state index in [9.17, 15) is 41.3 Å². The van der Waals surface area contributed by atoms with Gasteiger partial charge in [0.15, 0.2) is 5.92 Å². The summed E-state index contributed by atoms with van der Waals surface area (Å²) in [6, 6.07) is 1.21. The van der Waals surface area contributed by atoms with Crippen LogP contribution in [0, 0.1) is 10.1 Å². The first-order valence-electron chi connectivity index (χ1n) is 5.53. The molecule has 22 heavy (non-hydrogen) atoms. The summed E-state index contributed by atoms with van der Waals surface area (Å²) in [5, 5.41) is 12.7. The molecule has 0 aliphatic rings. The Morgan fingerprint density at radius 3 is 2.05 bits per heavy atom. The van der Waals surface area contributed by atoms with E-state index in [1.54, 1.807) is 0 Å². The SMILES string of the molecule is CC(=O)Nc1ccc(C(C(F)(F)F)C(F)(F)F)cc1[N+](=O)[O-]. The highest BCUT2D eigenvalue weighted by molar-refractivity contribution is 5.91. The largest absolute Gasteiger partial charge is 0.404 e. The summed E-state index contributed by atoms with van der Waals surface area (Å²) in [7, 11) is 0. The van der Waals surface area contributed by atoms with Crippen LogP contribution in [0.1, 0.15) is 18.4 Å². The number of alkyl halides is 6. The molecule has 122 valence electrons. The third-order valence-corrected chi connectivity index (χ3v) is 2.52. The highest BCUT2D eigenvalue weighted by Crippen LogP contribution is 2.47. The maximum Gasteiger partial charge on any atom is 0.404 e. The zero-order chi connectivity index (χ0) is 17.3. The van der Waals surface area contributed by atoms with Gasteiger partial charge in [-0.2, -0.15) is 26.3 Å². The van der Waals surface area contributed by atoms with Crippen molar-refractivity contribution < 1.29 is 36.1 Å². The van der Waals surface area contributed by atoms with Crippen molar-refractivity contribution in [3.8, 4) is 0 Å². The Balaban J connectivity index is 3.45. The van der Waals surface area contributed by atoms with Gasteiger partial charge in [0.1, 0.15) is 5.69 Å². The number of carbonyl (C=O) groups excluding carboxylic acids is 1. The Labute approximate surface area is 119 Å². The molecule has 1 aromatic rings. The molecule has 0 heterocycles. The lowest BCUT2D eigenvalue weighted by atomic mass is 9.97. The van der Waals surface area contributed by atoms with E-state index in [2.05, 4.69) is 0 Å².